The lowest BCUT2D eigenvalue weighted by atomic mass is 10.0. The van der Waals surface area contributed by atoms with E-state index in [0.717, 1.165) is 41.1 Å². The van der Waals surface area contributed by atoms with E-state index < -0.39 is 0 Å². The molecule has 1 amide bonds. The number of hydrogen-bond acceptors (Lipinski definition) is 3. The molecule has 0 spiro atoms. The fourth-order valence-corrected chi connectivity index (χ4v) is 3.81. The molecule has 29 heavy (non-hydrogen) atoms. The second kappa shape index (κ2) is 8.70. The Morgan fingerprint density at radius 3 is 2.83 bits per heavy atom. The average Bonchev–Trinajstić information content (AvgIpc) is 3.17. The lowest BCUT2D eigenvalue weighted by molar-refractivity contribution is -0.132. The Morgan fingerprint density at radius 1 is 1.24 bits per heavy atom. The molecule has 1 aromatic heterocycles. The van der Waals surface area contributed by atoms with E-state index >= 15 is 0 Å². The fourth-order valence-electron chi connectivity index (χ4n) is 3.62. The molecule has 2 aromatic carbocycles. The van der Waals surface area contributed by atoms with Gasteiger partial charge in [-0.25, -0.2) is 0 Å². The van der Waals surface area contributed by atoms with Gasteiger partial charge < -0.3 is 9.64 Å². The number of carbonyl (C=O) groups excluding carboxylic acids is 1. The van der Waals surface area contributed by atoms with Crippen molar-refractivity contribution in [1.82, 2.24) is 15.1 Å². The molecule has 2 heterocycles. The minimum Gasteiger partial charge on any atom is -0.493 e. The van der Waals surface area contributed by atoms with E-state index in [-0.39, 0.29) is 5.91 Å². The van der Waals surface area contributed by atoms with Gasteiger partial charge in [-0.05, 0) is 36.2 Å². The van der Waals surface area contributed by atoms with Gasteiger partial charge in [0.2, 0.25) is 5.91 Å². The van der Waals surface area contributed by atoms with E-state index in [1.54, 1.807) is 0 Å². The van der Waals surface area contributed by atoms with Crippen LogP contribution >= 0.6 is 11.6 Å². The van der Waals surface area contributed by atoms with Crippen molar-refractivity contribution in [3.63, 3.8) is 0 Å². The first-order valence-corrected chi connectivity index (χ1v) is 10.3. The number of benzene rings is 2. The van der Waals surface area contributed by atoms with Crippen LogP contribution in [0, 0.1) is 0 Å². The van der Waals surface area contributed by atoms with Crippen LogP contribution in [0.2, 0.25) is 5.02 Å². The molecular formula is C23H24ClN3O2. The van der Waals surface area contributed by atoms with Crippen molar-refractivity contribution in [2.45, 2.75) is 32.7 Å². The molecule has 0 radical (unpaired) electrons. The Bertz CT molecular complexity index is 998. The highest BCUT2D eigenvalue weighted by molar-refractivity contribution is 6.30. The van der Waals surface area contributed by atoms with Crippen molar-refractivity contribution in [1.29, 1.82) is 0 Å². The zero-order valence-corrected chi connectivity index (χ0v) is 17.2. The molecule has 3 aromatic rings. The lowest BCUT2D eigenvalue weighted by Gasteiger charge is -2.27. The van der Waals surface area contributed by atoms with Crippen molar-refractivity contribution in [2.75, 3.05) is 13.2 Å². The van der Waals surface area contributed by atoms with Crippen LogP contribution in [-0.4, -0.2) is 34.2 Å². The van der Waals surface area contributed by atoms with Gasteiger partial charge in [-0.15, -0.1) is 0 Å². The fraction of sp³-hybridized carbons (Fsp3) is 0.304. The molecule has 0 unspecified atom stereocenters. The molecule has 4 rings (SSSR count). The van der Waals surface area contributed by atoms with Crippen molar-refractivity contribution < 1.29 is 9.53 Å². The van der Waals surface area contributed by atoms with Crippen molar-refractivity contribution in [3.8, 4) is 17.0 Å². The van der Waals surface area contributed by atoms with Crippen LogP contribution in [-0.2, 0) is 24.2 Å². The van der Waals surface area contributed by atoms with E-state index in [9.17, 15) is 4.79 Å². The third-order valence-corrected chi connectivity index (χ3v) is 5.54. The predicted molar refractivity (Wildman–Crippen MR) is 114 cm³/mol. The first-order valence-electron chi connectivity index (χ1n) is 9.95. The highest BCUT2D eigenvalue weighted by Crippen LogP contribution is 2.30. The molecule has 1 aliphatic heterocycles. The Kier molecular flexibility index (Phi) is 5.86. The largest absolute Gasteiger partial charge is 0.493 e. The van der Waals surface area contributed by atoms with Gasteiger partial charge in [0.1, 0.15) is 5.75 Å². The number of aromatic nitrogens is 2. The van der Waals surface area contributed by atoms with Gasteiger partial charge in [0.15, 0.2) is 0 Å². The van der Waals surface area contributed by atoms with E-state index in [1.807, 2.05) is 41.3 Å². The van der Waals surface area contributed by atoms with Crippen molar-refractivity contribution >= 4 is 17.5 Å². The second-order valence-electron chi connectivity index (χ2n) is 7.20. The number of aryl methyl sites for hydroxylation is 1. The summed E-state index contributed by atoms with van der Waals surface area (Å²) in [4.78, 5) is 14.6. The summed E-state index contributed by atoms with van der Waals surface area (Å²) in [6.07, 6.45) is 2.13. The minimum absolute atomic E-state index is 0.0964. The lowest BCUT2D eigenvalue weighted by Crippen LogP contribution is -2.36. The van der Waals surface area contributed by atoms with Crippen LogP contribution in [0.25, 0.3) is 11.3 Å². The summed E-state index contributed by atoms with van der Waals surface area (Å²) in [6.45, 7) is 3.74. The number of nitrogens with one attached hydrogen (secondary N) is 1. The third-order valence-electron chi connectivity index (χ3n) is 5.30. The molecule has 150 valence electrons. The number of rotatable bonds is 6. The van der Waals surface area contributed by atoms with Gasteiger partial charge in [-0.3, -0.25) is 9.89 Å². The molecule has 0 bridgehead atoms. The predicted octanol–water partition coefficient (Wildman–Crippen LogP) is 4.65. The summed E-state index contributed by atoms with van der Waals surface area (Å²) in [7, 11) is 0. The second-order valence-corrected chi connectivity index (χ2v) is 7.64. The van der Waals surface area contributed by atoms with Gasteiger partial charge in [-0.2, -0.15) is 5.10 Å². The Balaban J connectivity index is 1.37. The van der Waals surface area contributed by atoms with Gasteiger partial charge in [0.25, 0.3) is 0 Å². The number of nitrogens with zero attached hydrogens (tertiary/aromatic N) is 2. The topological polar surface area (TPSA) is 58.2 Å². The van der Waals surface area contributed by atoms with Crippen LogP contribution in [0.3, 0.4) is 0 Å². The SMILES string of the molecule is CCc1ccc(OCCC(=O)N2CCc3[nH]nc(-c4cccc(Cl)c4)c3C2)cc1. The van der Waals surface area contributed by atoms with Crippen LogP contribution < -0.4 is 4.74 Å². The average molecular weight is 410 g/mol. The van der Waals surface area contributed by atoms with Gasteiger partial charge in [-0.1, -0.05) is 42.8 Å². The monoisotopic (exact) mass is 409 g/mol. The zero-order valence-electron chi connectivity index (χ0n) is 16.5. The van der Waals surface area contributed by atoms with E-state index in [1.165, 1.54) is 5.56 Å². The summed E-state index contributed by atoms with van der Waals surface area (Å²) in [5.41, 5.74) is 5.27. The first kappa shape index (κ1) is 19.5. The number of carbonyl (C=O) groups is 1. The standard InChI is InChI=1S/C23H24ClN3O2/c1-2-16-6-8-19(9-7-16)29-13-11-22(28)27-12-10-21-20(15-27)23(26-25-21)17-4-3-5-18(24)14-17/h3-9,14H,2,10-13,15H2,1H3,(H,25,26). The van der Waals surface area contributed by atoms with Crippen molar-refractivity contribution in [2.24, 2.45) is 0 Å². The summed E-state index contributed by atoms with van der Waals surface area (Å²) < 4.78 is 5.75. The van der Waals surface area contributed by atoms with E-state index in [4.69, 9.17) is 16.3 Å². The van der Waals surface area contributed by atoms with Crippen LogP contribution in [0.5, 0.6) is 5.75 Å². The number of amides is 1. The molecule has 0 atom stereocenters. The summed E-state index contributed by atoms with van der Waals surface area (Å²) in [6, 6.07) is 15.7. The zero-order chi connectivity index (χ0) is 20.2. The number of hydrogen-bond donors (Lipinski definition) is 1. The van der Waals surface area contributed by atoms with Gasteiger partial charge in [0, 0.05) is 41.4 Å². The molecule has 5 nitrogen and oxygen atoms in total. The van der Waals surface area contributed by atoms with E-state index in [2.05, 4.69) is 29.3 Å². The Hall–Kier alpha value is -2.79. The Labute approximate surface area is 175 Å². The molecule has 0 saturated carbocycles. The van der Waals surface area contributed by atoms with Crippen LogP contribution in [0.15, 0.2) is 48.5 Å². The first-order chi connectivity index (χ1) is 14.1. The maximum Gasteiger partial charge on any atom is 0.226 e. The maximum absolute atomic E-state index is 12.7. The van der Waals surface area contributed by atoms with Gasteiger partial charge >= 0.3 is 0 Å². The molecular weight excluding hydrogens is 386 g/mol. The number of aromatic amines is 1. The molecule has 6 heteroatoms. The molecule has 1 aliphatic rings. The quantitative estimate of drug-likeness (QED) is 0.644. The smallest absolute Gasteiger partial charge is 0.226 e. The number of H-pyrrole nitrogens is 1. The third kappa shape index (κ3) is 4.46. The summed E-state index contributed by atoms with van der Waals surface area (Å²) in [5, 5.41) is 8.27. The maximum atomic E-state index is 12.7. The van der Waals surface area contributed by atoms with Crippen LogP contribution in [0.4, 0.5) is 0 Å². The number of ether oxygens (including phenoxy) is 1. The van der Waals surface area contributed by atoms with Crippen molar-refractivity contribution in [3.05, 3.63) is 70.4 Å². The number of fused-ring (bicyclic) bond motifs is 1. The van der Waals surface area contributed by atoms with Crippen LogP contribution in [0.1, 0.15) is 30.2 Å². The Morgan fingerprint density at radius 2 is 2.07 bits per heavy atom. The normalized spacial score (nSPS) is 13.2. The molecule has 0 fully saturated rings. The molecule has 1 N–H and O–H groups in total. The summed E-state index contributed by atoms with van der Waals surface area (Å²) in [5.74, 6) is 0.896. The highest BCUT2D eigenvalue weighted by Gasteiger charge is 2.25. The number of halogens is 1. The van der Waals surface area contributed by atoms with E-state index in [0.29, 0.717) is 31.1 Å². The molecule has 0 aliphatic carbocycles. The highest BCUT2D eigenvalue weighted by atomic mass is 35.5. The van der Waals surface area contributed by atoms with Gasteiger partial charge in [0.05, 0.1) is 18.7 Å². The summed E-state index contributed by atoms with van der Waals surface area (Å²) >= 11 is 6.13. The molecule has 0 saturated heterocycles. The minimum atomic E-state index is 0.0964.